The molecule has 1 aromatic carbocycles. The fourth-order valence-electron chi connectivity index (χ4n) is 1.76. The zero-order chi connectivity index (χ0) is 14.4. The van der Waals surface area contributed by atoms with Crippen LogP contribution in [0.1, 0.15) is 24.5 Å². The molecule has 0 radical (unpaired) electrons. The highest BCUT2D eigenvalue weighted by Gasteiger charge is 2.11. The Kier molecular flexibility index (Phi) is 7.15. The van der Waals surface area contributed by atoms with Crippen LogP contribution in [0.2, 0.25) is 5.02 Å². The molecular weight excluding hydrogens is 296 g/mol. The quantitative estimate of drug-likeness (QED) is 0.779. The molecule has 5 heteroatoms. The Morgan fingerprint density at radius 2 is 2.21 bits per heavy atom. The largest absolute Gasteiger partial charge is 0.389 e. The second-order valence-corrected chi connectivity index (χ2v) is 6.55. The highest BCUT2D eigenvalue weighted by atomic mass is 35.5. The molecule has 0 spiro atoms. The third-order valence-corrected chi connectivity index (χ3v) is 4.48. The third-order valence-electron chi connectivity index (χ3n) is 3.25. The molecule has 1 unspecified atom stereocenters. The molecule has 1 atom stereocenters. The van der Waals surface area contributed by atoms with E-state index < -0.39 is 0 Å². The first kappa shape index (κ1) is 16.8. The average Bonchev–Trinajstić information content (AvgIpc) is 2.37. The maximum Gasteiger partial charge on any atom is 0.104 e. The van der Waals surface area contributed by atoms with Crippen molar-refractivity contribution in [2.45, 2.75) is 25.9 Å². The highest BCUT2D eigenvalue weighted by molar-refractivity contribution is 7.98. The Labute approximate surface area is 130 Å². The SMILES string of the molecule is CSCCC(C)N(C)Cc1ccc(C(N)=S)cc1Cl. The summed E-state index contributed by atoms with van der Waals surface area (Å²) in [4.78, 5) is 2.70. The number of halogens is 1. The van der Waals surface area contributed by atoms with Crippen LogP contribution in [-0.2, 0) is 6.54 Å². The van der Waals surface area contributed by atoms with E-state index in [0.717, 1.165) is 22.7 Å². The number of benzene rings is 1. The van der Waals surface area contributed by atoms with Gasteiger partial charge in [0.2, 0.25) is 0 Å². The first-order valence-electron chi connectivity index (χ1n) is 6.23. The monoisotopic (exact) mass is 316 g/mol. The molecule has 0 aliphatic heterocycles. The summed E-state index contributed by atoms with van der Waals surface area (Å²) < 4.78 is 0. The van der Waals surface area contributed by atoms with E-state index in [1.807, 2.05) is 30.0 Å². The molecule has 106 valence electrons. The molecule has 1 rings (SSSR count). The van der Waals surface area contributed by atoms with E-state index >= 15 is 0 Å². The highest BCUT2D eigenvalue weighted by Crippen LogP contribution is 2.20. The molecule has 0 heterocycles. The lowest BCUT2D eigenvalue weighted by atomic mass is 10.1. The summed E-state index contributed by atoms with van der Waals surface area (Å²) in [5, 5.41) is 0.731. The van der Waals surface area contributed by atoms with Crippen LogP contribution in [0, 0.1) is 0 Å². The van der Waals surface area contributed by atoms with E-state index in [1.165, 1.54) is 12.2 Å². The minimum absolute atomic E-state index is 0.384. The summed E-state index contributed by atoms with van der Waals surface area (Å²) in [6.07, 6.45) is 3.32. The maximum atomic E-state index is 6.28. The van der Waals surface area contributed by atoms with E-state index in [2.05, 4.69) is 25.1 Å². The Hall–Kier alpha value is -0.290. The number of thiocarbonyl (C=S) groups is 1. The van der Waals surface area contributed by atoms with Gasteiger partial charge in [-0.15, -0.1) is 0 Å². The molecule has 0 fully saturated rings. The van der Waals surface area contributed by atoms with Crippen LogP contribution < -0.4 is 5.73 Å². The average molecular weight is 317 g/mol. The Morgan fingerprint density at radius 3 is 2.74 bits per heavy atom. The van der Waals surface area contributed by atoms with E-state index in [-0.39, 0.29) is 0 Å². The van der Waals surface area contributed by atoms with Crippen LogP contribution in [0.15, 0.2) is 18.2 Å². The van der Waals surface area contributed by atoms with E-state index in [0.29, 0.717) is 11.0 Å². The molecule has 2 N–H and O–H groups in total. The topological polar surface area (TPSA) is 29.3 Å². The number of nitrogens with zero attached hydrogens (tertiary/aromatic N) is 1. The van der Waals surface area contributed by atoms with Crippen molar-refractivity contribution in [2.75, 3.05) is 19.1 Å². The molecule has 0 aliphatic carbocycles. The fraction of sp³-hybridized carbons (Fsp3) is 0.500. The van der Waals surface area contributed by atoms with Gasteiger partial charge in [0.05, 0.1) is 0 Å². The van der Waals surface area contributed by atoms with Crippen molar-refractivity contribution in [1.29, 1.82) is 0 Å². The van der Waals surface area contributed by atoms with Crippen LogP contribution in [-0.4, -0.2) is 35.0 Å². The summed E-state index contributed by atoms with van der Waals surface area (Å²) in [5.74, 6) is 1.18. The first-order valence-corrected chi connectivity index (χ1v) is 8.41. The van der Waals surface area contributed by atoms with E-state index in [9.17, 15) is 0 Å². The van der Waals surface area contributed by atoms with E-state index in [1.54, 1.807) is 0 Å². The maximum absolute atomic E-state index is 6.28. The van der Waals surface area contributed by atoms with Crippen LogP contribution in [0.4, 0.5) is 0 Å². The van der Waals surface area contributed by atoms with Crippen molar-refractivity contribution in [3.8, 4) is 0 Å². The molecule has 0 saturated carbocycles. The minimum atomic E-state index is 0.384. The molecular formula is C14H21ClN2S2. The van der Waals surface area contributed by atoms with Gasteiger partial charge in [-0.1, -0.05) is 36.0 Å². The fourth-order valence-corrected chi connectivity index (χ4v) is 2.71. The molecule has 0 aliphatic rings. The van der Waals surface area contributed by atoms with Crippen LogP contribution in [0.5, 0.6) is 0 Å². The number of hydrogen-bond donors (Lipinski definition) is 1. The van der Waals surface area contributed by atoms with Gasteiger partial charge in [-0.25, -0.2) is 0 Å². The Balaban J connectivity index is 2.69. The predicted octanol–water partition coefficient (Wildman–Crippen LogP) is 3.55. The van der Waals surface area contributed by atoms with Gasteiger partial charge >= 0.3 is 0 Å². The lowest BCUT2D eigenvalue weighted by Gasteiger charge is -2.25. The molecule has 0 aromatic heterocycles. The summed E-state index contributed by atoms with van der Waals surface area (Å²) in [6, 6.07) is 6.33. The second kappa shape index (κ2) is 8.10. The van der Waals surface area contributed by atoms with Crippen molar-refractivity contribution in [1.82, 2.24) is 4.90 Å². The van der Waals surface area contributed by atoms with Crippen molar-refractivity contribution in [3.05, 3.63) is 34.3 Å². The minimum Gasteiger partial charge on any atom is -0.389 e. The number of rotatable bonds is 7. The number of hydrogen-bond acceptors (Lipinski definition) is 3. The van der Waals surface area contributed by atoms with Gasteiger partial charge < -0.3 is 5.73 Å². The Bertz CT molecular complexity index is 437. The van der Waals surface area contributed by atoms with Gasteiger partial charge in [-0.05, 0) is 44.0 Å². The molecule has 0 amide bonds. The molecule has 0 saturated heterocycles. The van der Waals surface area contributed by atoms with Crippen molar-refractivity contribution in [2.24, 2.45) is 5.73 Å². The van der Waals surface area contributed by atoms with Crippen molar-refractivity contribution < 1.29 is 0 Å². The standard InChI is InChI=1S/C14H21ClN2S2/c1-10(6-7-19-3)17(2)9-12-5-4-11(14(16)18)8-13(12)15/h4-5,8,10H,6-7,9H2,1-3H3,(H2,16,18). The van der Waals surface area contributed by atoms with Gasteiger partial charge in [0.25, 0.3) is 0 Å². The molecule has 19 heavy (non-hydrogen) atoms. The van der Waals surface area contributed by atoms with Crippen LogP contribution >= 0.6 is 35.6 Å². The second-order valence-electron chi connectivity index (χ2n) is 4.72. The third kappa shape index (κ3) is 5.30. The van der Waals surface area contributed by atoms with Gasteiger partial charge in [0, 0.05) is 23.2 Å². The molecule has 1 aromatic rings. The van der Waals surface area contributed by atoms with Gasteiger partial charge in [0.1, 0.15) is 4.99 Å². The zero-order valence-corrected chi connectivity index (χ0v) is 14.0. The molecule has 2 nitrogen and oxygen atoms in total. The number of nitrogens with two attached hydrogens (primary N) is 1. The van der Waals surface area contributed by atoms with Crippen LogP contribution in [0.25, 0.3) is 0 Å². The van der Waals surface area contributed by atoms with Gasteiger partial charge in [-0.3, -0.25) is 4.90 Å². The lowest BCUT2D eigenvalue weighted by Crippen LogP contribution is -2.29. The Morgan fingerprint density at radius 1 is 1.53 bits per heavy atom. The van der Waals surface area contributed by atoms with Crippen molar-refractivity contribution in [3.63, 3.8) is 0 Å². The summed E-state index contributed by atoms with van der Waals surface area (Å²) >= 11 is 13.1. The predicted molar refractivity (Wildman–Crippen MR) is 91.3 cm³/mol. The van der Waals surface area contributed by atoms with Crippen LogP contribution in [0.3, 0.4) is 0 Å². The van der Waals surface area contributed by atoms with E-state index in [4.69, 9.17) is 29.6 Å². The lowest BCUT2D eigenvalue weighted by molar-refractivity contribution is 0.245. The van der Waals surface area contributed by atoms with Crippen molar-refractivity contribution >= 4 is 40.6 Å². The normalized spacial score (nSPS) is 12.7. The summed E-state index contributed by atoms with van der Waals surface area (Å²) in [6.45, 7) is 3.08. The number of thioether (sulfide) groups is 1. The molecule has 0 bridgehead atoms. The van der Waals surface area contributed by atoms with Gasteiger partial charge in [-0.2, -0.15) is 11.8 Å². The summed E-state index contributed by atoms with van der Waals surface area (Å²) in [5.41, 5.74) is 7.53. The smallest absolute Gasteiger partial charge is 0.104 e. The first-order chi connectivity index (χ1) is 8.95. The van der Waals surface area contributed by atoms with Gasteiger partial charge in [0.15, 0.2) is 0 Å². The zero-order valence-electron chi connectivity index (χ0n) is 11.6. The summed E-state index contributed by atoms with van der Waals surface area (Å²) in [7, 11) is 2.13.